The van der Waals surface area contributed by atoms with Crippen molar-refractivity contribution >= 4 is 28.8 Å². The first-order chi connectivity index (χ1) is 14.5. The molecule has 0 unspecified atom stereocenters. The van der Waals surface area contributed by atoms with Gasteiger partial charge in [-0.05, 0) is 36.7 Å². The summed E-state index contributed by atoms with van der Waals surface area (Å²) >= 11 is 1.38. The standard InChI is InChI=1S/C22H24FN3O3S/c1-3-17-19(21(28)29-2)20(15-6-4-5-7-16(15)23)26-14(12-30-22(26)25-17)10-18(27)24-11-13-8-9-13/h4-7,12-13,20H,3,8-11H2,1-2H3,(H,24,27)/t20-/m0/s1. The topological polar surface area (TPSA) is 71.0 Å². The zero-order valence-corrected chi connectivity index (χ0v) is 17.8. The summed E-state index contributed by atoms with van der Waals surface area (Å²) in [7, 11) is 1.31. The fourth-order valence-corrected chi connectivity index (χ4v) is 4.65. The summed E-state index contributed by atoms with van der Waals surface area (Å²) in [5.74, 6) is -0.473. The number of fused-ring (bicyclic) bond motifs is 1. The van der Waals surface area contributed by atoms with Gasteiger partial charge in [-0.2, -0.15) is 0 Å². The summed E-state index contributed by atoms with van der Waals surface area (Å²) in [5.41, 5.74) is 1.92. The molecule has 1 aromatic carbocycles. The van der Waals surface area contributed by atoms with Crippen LogP contribution in [0.5, 0.6) is 0 Å². The van der Waals surface area contributed by atoms with Gasteiger partial charge in [0.1, 0.15) is 5.82 Å². The van der Waals surface area contributed by atoms with Crippen LogP contribution in [0.2, 0.25) is 0 Å². The van der Waals surface area contributed by atoms with Crippen molar-refractivity contribution in [1.29, 1.82) is 0 Å². The summed E-state index contributed by atoms with van der Waals surface area (Å²) in [4.78, 5) is 31.7. The van der Waals surface area contributed by atoms with Crippen molar-refractivity contribution < 1.29 is 18.7 Å². The number of ether oxygens (including phenoxy) is 1. The van der Waals surface area contributed by atoms with Crippen LogP contribution in [0.3, 0.4) is 0 Å². The van der Waals surface area contributed by atoms with E-state index >= 15 is 0 Å². The van der Waals surface area contributed by atoms with E-state index in [0.29, 0.717) is 46.6 Å². The van der Waals surface area contributed by atoms with E-state index in [9.17, 15) is 14.0 Å². The second-order valence-electron chi connectivity index (χ2n) is 7.55. The number of aliphatic imine (C=N–C) groups is 1. The average molecular weight is 430 g/mol. The molecule has 3 aliphatic rings. The highest BCUT2D eigenvalue weighted by molar-refractivity contribution is 8.16. The normalized spacial score (nSPS) is 20.5. The van der Waals surface area contributed by atoms with Crippen molar-refractivity contribution in [2.45, 2.75) is 38.6 Å². The second-order valence-corrected chi connectivity index (χ2v) is 8.38. The van der Waals surface area contributed by atoms with Gasteiger partial charge in [0, 0.05) is 17.8 Å². The molecule has 6 nitrogen and oxygen atoms in total. The van der Waals surface area contributed by atoms with E-state index < -0.39 is 17.8 Å². The van der Waals surface area contributed by atoms with E-state index in [1.165, 1.54) is 24.9 Å². The fourth-order valence-electron chi connectivity index (χ4n) is 3.71. The van der Waals surface area contributed by atoms with E-state index in [1.807, 2.05) is 12.3 Å². The number of esters is 1. The van der Waals surface area contributed by atoms with Crippen LogP contribution in [-0.2, 0) is 14.3 Å². The summed E-state index contributed by atoms with van der Waals surface area (Å²) < 4.78 is 19.9. The second kappa shape index (κ2) is 8.63. The van der Waals surface area contributed by atoms with Crippen LogP contribution in [0.25, 0.3) is 0 Å². The highest BCUT2D eigenvalue weighted by Gasteiger charge is 2.42. The lowest BCUT2D eigenvalue weighted by Gasteiger charge is -2.36. The zero-order valence-electron chi connectivity index (χ0n) is 17.0. The van der Waals surface area contributed by atoms with E-state index in [-0.39, 0.29) is 12.3 Å². The van der Waals surface area contributed by atoms with Crippen LogP contribution in [0.1, 0.15) is 44.2 Å². The van der Waals surface area contributed by atoms with Gasteiger partial charge in [-0.1, -0.05) is 36.9 Å². The average Bonchev–Trinajstić information content (AvgIpc) is 3.51. The predicted octanol–water partition coefficient (Wildman–Crippen LogP) is 3.88. The van der Waals surface area contributed by atoms with Gasteiger partial charge in [-0.3, -0.25) is 4.79 Å². The maximum atomic E-state index is 14.9. The van der Waals surface area contributed by atoms with Gasteiger partial charge in [0.25, 0.3) is 0 Å². The number of rotatable bonds is 7. The molecule has 158 valence electrons. The number of nitrogens with one attached hydrogen (secondary N) is 1. The minimum atomic E-state index is -0.737. The van der Waals surface area contributed by atoms with Crippen LogP contribution in [0, 0.1) is 11.7 Å². The van der Waals surface area contributed by atoms with Gasteiger partial charge in [0.2, 0.25) is 5.91 Å². The van der Waals surface area contributed by atoms with Gasteiger partial charge in [-0.15, -0.1) is 0 Å². The van der Waals surface area contributed by atoms with Crippen molar-refractivity contribution in [1.82, 2.24) is 10.2 Å². The molecular weight excluding hydrogens is 405 g/mol. The number of hydrogen-bond acceptors (Lipinski definition) is 6. The van der Waals surface area contributed by atoms with E-state index in [4.69, 9.17) is 4.74 Å². The third kappa shape index (κ3) is 4.01. The monoisotopic (exact) mass is 429 g/mol. The Labute approximate surface area is 179 Å². The number of amidine groups is 1. The first-order valence-corrected chi connectivity index (χ1v) is 11.0. The SMILES string of the molecule is CCC1=C(C(=O)OC)[C@H](c2ccccc2F)N2C(CC(=O)NCC3CC3)=CSC2=N1. The number of allylic oxidation sites excluding steroid dienone is 1. The lowest BCUT2D eigenvalue weighted by molar-refractivity contribution is -0.136. The van der Waals surface area contributed by atoms with Crippen LogP contribution in [-0.4, -0.2) is 35.6 Å². The maximum absolute atomic E-state index is 14.9. The summed E-state index contributed by atoms with van der Waals surface area (Å²) in [6.45, 7) is 2.58. The number of amides is 1. The molecular formula is C22H24FN3O3S. The number of benzene rings is 1. The largest absolute Gasteiger partial charge is 0.466 e. The Morgan fingerprint density at radius 3 is 2.77 bits per heavy atom. The maximum Gasteiger partial charge on any atom is 0.338 e. The lowest BCUT2D eigenvalue weighted by atomic mass is 9.92. The number of nitrogens with zero attached hydrogens (tertiary/aromatic N) is 2. The van der Waals surface area contributed by atoms with Gasteiger partial charge in [0.15, 0.2) is 5.17 Å². The van der Waals surface area contributed by atoms with E-state index in [2.05, 4.69) is 10.3 Å². The molecule has 2 aliphatic heterocycles. The van der Waals surface area contributed by atoms with Crippen molar-refractivity contribution in [3.63, 3.8) is 0 Å². The Kier molecular flexibility index (Phi) is 5.94. The van der Waals surface area contributed by atoms with Gasteiger partial charge >= 0.3 is 5.97 Å². The van der Waals surface area contributed by atoms with Crippen LogP contribution in [0.4, 0.5) is 4.39 Å². The van der Waals surface area contributed by atoms with Gasteiger partial charge in [0.05, 0.1) is 30.8 Å². The smallest absolute Gasteiger partial charge is 0.338 e. The zero-order chi connectivity index (χ0) is 21.3. The number of carbonyl (C=O) groups is 2. The first-order valence-electron chi connectivity index (χ1n) is 10.1. The van der Waals surface area contributed by atoms with Crippen molar-refractivity contribution in [3.05, 3.63) is 58.0 Å². The molecule has 8 heteroatoms. The molecule has 1 saturated carbocycles. The molecule has 2 heterocycles. The molecule has 0 bridgehead atoms. The fraction of sp³-hybridized carbons (Fsp3) is 0.409. The quantitative estimate of drug-likeness (QED) is 0.666. The molecule has 1 N–H and O–H groups in total. The highest BCUT2D eigenvalue weighted by Crippen LogP contribution is 2.45. The molecule has 1 fully saturated rings. The van der Waals surface area contributed by atoms with Gasteiger partial charge in [-0.25, -0.2) is 14.2 Å². The molecule has 1 atom stereocenters. The van der Waals surface area contributed by atoms with Crippen molar-refractivity contribution in [2.75, 3.05) is 13.7 Å². The molecule has 0 spiro atoms. The number of halogens is 1. The molecule has 1 amide bonds. The number of methoxy groups -OCH3 is 1. The molecule has 1 aliphatic carbocycles. The minimum Gasteiger partial charge on any atom is -0.466 e. The molecule has 0 radical (unpaired) electrons. The molecule has 4 rings (SSSR count). The van der Waals surface area contributed by atoms with Crippen LogP contribution in [0.15, 0.2) is 51.6 Å². The van der Waals surface area contributed by atoms with Crippen LogP contribution < -0.4 is 5.32 Å². The minimum absolute atomic E-state index is 0.0906. The van der Waals surface area contributed by atoms with Crippen LogP contribution >= 0.6 is 11.8 Å². The third-order valence-corrected chi connectivity index (χ3v) is 6.34. The summed E-state index contributed by atoms with van der Waals surface area (Å²) in [6.07, 6.45) is 2.96. The number of carbonyl (C=O) groups excluding carboxylic acids is 2. The molecule has 30 heavy (non-hydrogen) atoms. The Balaban J connectivity index is 1.70. The Morgan fingerprint density at radius 1 is 1.33 bits per heavy atom. The van der Waals surface area contributed by atoms with E-state index in [0.717, 1.165) is 12.8 Å². The van der Waals surface area contributed by atoms with Gasteiger partial charge < -0.3 is 15.0 Å². The summed E-state index contributed by atoms with van der Waals surface area (Å²) in [5, 5.41) is 5.46. The Bertz CT molecular complexity index is 968. The van der Waals surface area contributed by atoms with Crippen molar-refractivity contribution in [2.24, 2.45) is 10.9 Å². The molecule has 1 aromatic rings. The Hall–Kier alpha value is -2.61. The number of hydrogen-bond donors (Lipinski definition) is 1. The van der Waals surface area contributed by atoms with Crippen molar-refractivity contribution in [3.8, 4) is 0 Å². The predicted molar refractivity (Wildman–Crippen MR) is 114 cm³/mol. The highest BCUT2D eigenvalue weighted by atomic mass is 32.2. The third-order valence-electron chi connectivity index (χ3n) is 5.46. The Morgan fingerprint density at radius 2 is 2.10 bits per heavy atom. The van der Waals surface area contributed by atoms with E-state index in [1.54, 1.807) is 23.1 Å². The number of thioether (sulfide) groups is 1. The molecule has 0 saturated heterocycles. The lowest BCUT2D eigenvalue weighted by Crippen LogP contribution is -2.38. The first kappa shape index (κ1) is 20.7. The molecule has 0 aromatic heterocycles. The summed E-state index contributed by atoms with van der Waals surface area (Å²) in [6, 6.07) is 5.64.